The van der Waals surface area contributed by atoms with Crippen molar-refractivity contribution < 1.29 is 14.0 Å². The first-order valence-corrected chi connectivity index (χ1v) is 16.7. The van der Waals surface area contributed by atoms with Crippen molar-refractivity contribution in [3.05, 3.63) is 35.9 Å². The highest BCUT2D eigenvalue weighted by Crippen LogP contribution is 2.59. The Morgan fingerprint density at radius 2 is 1.76 bits per heavy atom. The van der Waals surface area contributed by atoms with Gasteiger partial charge in [0.15, 0.2) is 8.32 Å². The SMILES string of the molecule is C[C@@H](CCC[C@H](C)[C@H]1CC[C@H]2[C@@H](OC(=O)c3ccccc3)CCC[C@]12C)O[Si](C)(C)C(C)(C)C. The summed E-state index contributed by atoms with van der Waals surface area (Å²) in [6.07, 6.45) is 10.0. The maximum absolute atomic E-state index is 12.8. The largest absolute Gasteiger partial charge is 0.458 e. The Morgan fingerprint density at radius 3 is 2.41 bits per heavy atom. The van der Waals surface area contributed by atoms with E-state index in [1.807, 2.05) is 30.3 Å². The number of rotatable bonds is 9. The number of esters is 1. The molecule has 4 heteroatoms. The van der Waals surface area contributed by atoms with Crippen molar-refractivity contribution >= 4 is 14.3 Å². The van der Waals surface area contributed by atoms with Crippen molar-refractivity contribution in [2.45, 2.75) is 123 Å². The molecule has 0 amide bonds. The van der Waals surface area contributed by atoms with E-state index in [4.69, 9.17) is 9.16 Å². The quantitative estimate of drug-likeness (QED) is 0.259. The minimum atomic E-state index is -1.69. The predicted octanol–water partition coefficient (Wildman–Crippen LogP) is 8.65. The summed E-state index contributed by atoms with van der Waals surface area (Å²) in [6.45, 7) is 18.9. The monoisotopic (exact) mass is 486 g/mol. The van der Waals surface area contributed by atoms with Gasteiger partial charge in [0.05, 0.1) is 5.56 Å². The lowest BCUT2D eigenvalue weighted by atomic mass is 9.61. The molecule has 0 spiro atoms. The van der Waals surface area contributed by atoms with Crippen LogP contribution in [-0.4, -0.2) is 26.5 Å². The van der Waals surface area contributed by atoms with E-state index in [1.54, 1.807) is 0 Å². The second-order valence-corrected chi connectivity index (χ2v) is 17.9. The van der Waals surface area contributed by atoms with E-state index in [0.717, 1.165) is 18.8 Å². The van der Waals surface area contributed by atoms with Crippen molar-refractivity contribution in [1.29, 1.82) is 0 Å². The first-order chi connectivity index (χ1) is 15.8. The van der Waals surface area contributed by atoms with Crippen LogP contribution in [0.4, 0.5) is 0 Å². The average molecular weight is 487 g/mol. The molecule has 0 radical (unpaired) electrons. The number of carbonyl (C=O) groups excluding carboxylic acids is 1. The van der Waals surface area contributed by atoms with Gasteiger partial charge in [-0.1, -0.05) is 65.7 Å². The van der Waals surface area contributed by atoms with E-state index < -0.39 is 8.32 Å². The summed E-state index contributed by atoms with van der Waals surface area (Å²) in [5.41, 5.74) is 0.967. The molecule has 6 atom stereocenters. The minimum Gasteiger partial charge on any atom is -0.458 e. The lowest BCUT2D eigenvalue weighted by molar-refractivity contribution is -0.0473. The van der Waals surface area contributed by atoms with Gasteiger partial charge in [0, 0.05) is 12.0 Å². The first-order valence-electron chi connectivity index (χ1n) is 13.8. The molecule has 2 fully saturated rings. The fourth-order valence-electron chi connectivity index (χ4n) is 6.68. The van der Waals surface area contributed by atoms with Gasteiger partial charge >= 0.3 is 5.97 Å². The van der Waals surface area contributed by atoms with Gasteiger partial charge in [-0.15, -0.1) is 0 Å². The standard InChI is InChI=1S/C30H50O3Si/c1-22(14-12-15-23(2)33-34(7,8)29(3,4)5)25-19-20-26-27(18-13-21-30(25,26)6)32-28(31)24-16-10-9-11-17-24/h9-11,16-17,22-23,25-27H,12-15,18-21H2,1-8H3/t22-,23-,25+,26-,27-,30+/m0/s1. The van der Waals surface area contributed by atoms with Gasteiger partial charge in [-0.2, -0.15) is 0 Å². The lowest BCUT2D eigenvalue weighted by Gasteiger charge is -2.46. The van der Waals surface area contributed by atoms with E-state index >= 15 is 0 Å². The molecule has 0 heterocycles. The molecule has 0 unspecified atom stereocenters. The second-order valence-electron chi connectivity index (χ2n) is 13.1. The molecule has 0 saturated heterocycles. The van der Waals surface area contributed by atoms with Crippen molar-refractivity contribution in [2.75, 3.05) is 0 Å². The van der Waals surface area contributed by atoms with Crippen LogP contribution in [0.3, 0.4) is 0 Å². The molecule has 2 saturated carbocycles. The summed E-state index contributed by atoms with van der Waals surface area (Å²) in [6, 6.07) is 9.48. The fraction of sp³-hybridized carbons (Fsp3) is 0.767. The smallest absolute Gasteiger partial charge is 0.338 e. The molecule has 2 aliphatic rings. The van der Waals surface area contributed by atoms with Crippen LogP contribution in [0.1, 0.15) is 103 Å². The summed E-state index contributed by atoms with van der Waals surface area (Å²) in [5.74, 6) is 1.79. The molecule has 3 rings (SSSR count). The Morgan fingerprint density at radius 1 is 1.09 bits per heavy atom. The summed E-state index contributed by atoms with van der Waals surface area (Å²) < 4.78 is 12.7. The molecule has 0 aromatic heterocycles. The van der Waals surface area contributed by atoms with Gasteiger partial charge in [0.1, 0.15) is 6.10 Å². The fourth-order valence-corrected chi connectivity index (χ4v) is 8.16. The van der Waals surface area contributed by atoms with Crippen LogP contribution in [0, 0.1) is 23.2 Å². The maximum atomic E-state index is 12.8. The van der Waals surface area contributed by atoms with Gasteiger partial charge in [0.25, 0.3) is 0 Å². The van der Waals surface area contributed by atoms with Crippen molar-refractivity contribution in [3.63, 3.8) is 0 Å². The van der Waals surface area contributed by atoms with Crippen LogP contribution < -0.4 is 0 Å². The minimum absolute atomic E-state index is 0.0710. The van der Waals surface area contributed by atoms with E-state index in [9.17, 15) is 4.79 Å². The topological polar surface area (TPSA) is 35.5 Å². The third-order valence-corrected chi connectivity index (χ3v) is 14.3. The summed E-state index contributed by atoms with van der Waals surface area (Å²) >= 11 is 0. The molecule has 192 valence electrons. The van der Waals surface area contributed by atoms with E-state index in [1.165, 1.54) is 38.5 Å². The average Bonchev–Trinajstić information content (AvgIpc) is 3.11. The van der Waals surface area contributed by atoms with E-state index in [-0.39, 0.29) is 17.1 Å². The Bertz CT molecular complexity index is 799. The number of carbonyl (C=O) groups is 1. The molecule has 0 N–H and O–H groups in total. The van der Waals surface area contributed by atoms with Gasteiger partial charge < -0.3 is 9.16 Å². The van der Waals surface area contributed by atoms with Gasteiger partial charge in [-0.25, -0.2) is 4.79 Å². The number of hydrogen-bond acceptors (Lipinski definition) is 3. The molecular formula is C30H50O3Si. The van der Waals surface area contributed by atoms with Crippen LogP contribution in [0.15, 0.2) is 30.3 Å². The zero-order valence-corrected chi connectivity index (χ0v) is 24.2. The highest BCUT2D eigenvalue weighted by molar-refractivity contribution is 6.74. The Kier molecular flexibility index (Phi) is 8.77. The molecule has 0 bridgehead atoms. The van der Waals surface area contributed by atoms with Crippen LogP contribution in [0.2, 0.25) is 18.1 Å². The van der Waals surface area contributed by atoms with Crippen molar-refractivity contribution in [3.8, 4) is 0 Å². The maximum Gasteiger partial charge on any atom is 0.338 e. The normalized spacial score (nSPS) is 29.4. The summed E-state index contributed by atoms with van der Waals surface area (Å²) in [4.78, 5) is 12.8. The number of benzene rings is 1. The third-order valence-electron chi connectivity index (χ3n) is 9.66. The summed E-state index contributed by atoms with van der Waals surface area (Å²) in [7, 11) is -1.69. The summed E-state index contributed by atoms with van der Waals surface area (Å²) in [5, 5.41) is 0.267. The number of ether oxygens (including phenoxy) is 1. The van der Waals surface area contributed by atoms with Gasteiger partial charge in [-0.3, -0.25) is 0 Å². The van der Waals surface area contributed by atoms with Crippen LogP contribution in [0.25, 0.3) is 0 Å². The Labute approximate surface area is 210 Å². The Hall–Kier alpha value is -1.13. The Balaban J connectivity index is 1.53. The molecule has 0 aliphatic heterocycles. The van der Waals surface area contributed by atoms with Gasteiger partial charge in [0.2, 0.25) is 0 Å². The van der Waals surface area contributed by atoms with Crippen molar-refractivity contribution in [2.24, 2.45) is 23.2 Å². The van der Waals surface area contributed by atoms with Crippen molar-refractivity contribution in [1.82, 2.24) is 0 Å². The molecule has 1 aromatic rings. The van der Waals surface area contributed by atoms with Crippen LogP contribution in [0.5, 0.6) is 0 Å². The number of hydrogen-bond donors (Lipinski definition) is 0. The number of fused-ring (bicyclic) bond motifs is 1. The molecule has 3 nitrogen and oxygen atoms in total. The predicted molar refractivity (Wildman–Crippen MR) is 145 cm³/mol. The van der Waals surface area contributed by atoms with Crippen LogP contribution in [-0.2, 0) is 9.16 Å². The molecule has 34 heavy (non-hydrogen) atoms. The molecule has 1 aromatic carbocycles. The van der Waals surface area contributed by atoms with E-state index in [2.05, 4.69) is 54.6 Å². The van der Waals surface area contributed by atoms with E-state index in [0.29, 0.717) is 28.9 Å². The third kappa shape index (κ3) is 6.16. The first kappa shape index (κ1) is 27.5. The second kappa shape index (κ2) is 10.9. The molecule has 2 aliphatic carbocycles. The highest BCUT2D eigenvalue weighted by atomic mass is 28.4. The zero-order valence-electron chi connectivity index (χ0n) is 23.2. The van der Waals surface area contributed by atoms with Crippen LogP contribution >= 0.6 is 0 Å². The zero-order chi connectivity index (χ0) is 25.1. The van der Waals surface area contributed by atoms with Gasteiger partial charge in [-0.05, 0) is 93.0 Å². The lowest BCUT2D eigenvalue weighted by Crippen LogP contribution is -2.43. The highest BCUT2D eigenvalue weighted by Gasteiger charge is 2.53. The molecular weight excluding hydrogens is 436 g/mol.